The minimum atomic E-state index is 0.608. The first-order valence-electron chi connectivity index (χ1n) is 5.65. The second-order valence-electron chi connectivity index (χ2n) is 4.02. The monoisotopic (exact) mass is 223 g/mol. The number of ether oxygens (including phenoxy) is 1. The molecule has 0 atom stereocenters. The molecule has 0 bridgehead atoms. The maximum absolute atomic E-state index is 5.76. The van der Waals surface area contributed by atoms with E-state index in [0.717, 1.165) is 5.75 Å². The molecule has 0 fully saturated rings. The van der Waals surface area contributed by atoms with Crippen LogP contribution in [0.25, 0.3) is 10.8 Å². The highest BCUT2D eigenvalue weighted by atomic mass is 16.5. The van der Waals surface area contributed by atoms with Crippen molar-refractivity contribution in [1.29, 1.82) is 0 Å². The molecule has 1 N–H and O–H groups in total. The van der Waals surface area contributed by atoms with Crippen LogP contribution >= 0.6 is 0 Å². The summed E-state index contributed by atoms with van der Waals surface area (Å²) in [5.74, 6) is 0.904. The van der Waals surface area contributed by atoms with E-state index in [4.69, 9.17) is 4.74 Å². The van der Waals surface area contributed by atoms with Crippen LogP contribution in [0, 0.1) is 0 Å². The number of benzene rings is 2. The highest BCUT2D eigenvalue weighted by Crippen LogP contribution is 2.21. The van der Waals surface area contributed by atoms with Gasteiger partial charge in [0.15, 0.2) is 0 Å². The molecule has 0 spiro atoms. The summed E-state index contributed by atoms with van der Waals surface area (Å²) >= 11 is 0. The summed E-state index contributed by atoms with van der Waals surface area (Å²) in [6.45, 7) is 0.608. The summed E-state index contributed by atoms with van der Waals surface area (Å²) in [6.07, 6.45) is 3.96. The van der Waals surface area contributed by atoms with Crippen LogP contribution in [0.3, 0.4) is 0 Å². The zero-order valence-corrected chi connectivity index (χ0v) is 9.39. The molecule has 2 heteroatoms. The predicted molar refractivity (Wildman–Crippen MR) is 69.1 cm³/mol. The number of rotatable bonds is 3. The van der Waals surface area contributed by atoms with Crippen LogP contribution in [0.5, 0.6) is 5.75 Å². The average molecular weight is 223 g/mol. The van der Waals surface area contributed by atoms with E-state index < -0.39 is 0 Å². The topological polar surface area (TPSA) is 25.0 Å². The molecule has 17 heavy (non-hydrogen) atoms. The van der Waals surface area contributed by atoms with Crippen molar-refractivity contribution in [2.24, 2.45) is 0 Å². The Morgan fingerprint density at radius 2 is 1.71 bits per heavy atom. The molecular formula is C15H13NO. The van der Waals surface area contributed by atoms with Crippen molar-refractivity contribution in [2.45, 2.75) is 6.61 Å². The largest absolute Gasteiger partial charge is 0.489 e. The van der Waals surface area contributed by atoms with Gasteiger partial charge in [-0.05, 0) is 29.1 Å². The molecule has 2 aromatic carbocycles. The van der Waals surface area contributed by atoms with E-state index in [9.17, 15) is 0 Å². The normalized spacial score (nSPS) is 10.6. The molecule has 2 nitrogen and oxygen atoms in total. The van der Waals surface area contributed by atoms with Gasteiger partial charge in [-0.25, -0.2) is 0 Å². The Morgan fingerprint density at radius 1 is 0.882 bits per heavy atom. The highest BCUT2D eigenvalue weighted by Gasteiger charge is 1.98. The third-order valence-electron chi connectivity index (χ3n) is 2.78. The molecule has 1 heterocycles. The molecule has 1 aromatic heterocycles. The fraction of sp³-hybridized carbons (Fsp3) is 0.0667. The summed E-state index contributed by atoms with van der Waals surface area (Å²) in [4.78, 5) is 3.08. The van der Waals surface area contributed by atoms with Gasteiger partial charge in [-0.1, -0.05) is 30.3 Å². The quantitative estimate of drug-likeness (QED) is 0.718. The van der Waals surface area contributed by atoms with Crippen LogP contribution in [0.1, 0.15) is 5.56 Å². The molecule has 0 saturated heterocycles. The van der Waals surface area contributed by atoms with Crippen molar-refractivity contribution >= 4 is 10.8 Å². The van der Waals surface area contributed by atoms with Crippen molar-refractivity contribution in [2.75, 3.05) is 0 Å². The first-order valence-corrected chi connectivity index (χ1v) is 5.65. The summed E-state index contributed by atoms with van der Waals surface area (Å²) in [7, 11) is 0. The van der Waals surface area contributed by atoms with Crippen molar-refractivity contribution in [3.05, 3.63) is 66.5 Å². The Morgan fingerprint density at radius 3 is 2.59 bits per heavy atom. The molecule has 0 unspecified atom stereocenters. The van der Waals surface area contributed by atoms with Gasteiger partial charge in [0.05, 0.1) is 0 Å². The van der Waals surface area contributed by atoms with Crippen LogP contribution in [0.4, 0.5) is 0 Å². The standard InChI is InChI=1S/C15H13NO/c1-2-4-12(5-3-1)11-17-15-7-6-13-9-16-10-14(13)8-15/h1-10,16H,11H2. The van der Waals surface area contributed by atoms with Gasteiger partial charge in [0, 0.05) is 17.8 Å². The van der Waals surface area contributed by atoms with E-state index in [0.29, 0.717) is 6.61 Å². The number of nitrogens with one attached hydrogen (secondary N) is 1. The molecule has 84 valence electrons. The molecule has 0 saturated carbocycles. The Kier molecular flexibility index (Phi) is 2.54. The van der Waals surface area contributed by atoms with E-state index >= 15 is 0 Å². The summed E-state index contributed by atoms with van der Waals surface area (Å²) in [5.41, 5.74) is 1.18. The number of aromatic amines is 1. The van der Waals surface area contributed by atoms with Gasteiger partial charge in [0.1, 0.15) is 12.4 Å². The second kappa shape index (κ2) is 4.34. The summed E-state index contributed by atoms with van der Waals surface area (Å²) in [6, 6.07) is 16.3. The third kappa shape index (κ3) is 2.16. The molecule has 3 aromatic rings. The lowest BCUT2D eigenvalue weighted by Crippen LogP contribution is -1.94. The number of hydrogen-bond donors (Lipinski definition) is 1. The average Bonchev–Trinajstić information content (AvgIpc) is 2.85. The van der Waals surface area contributed by atoms with E-state index in [1.807, 2.05) is 36.7 Å². The van der Waals surface area contributed by atoms with Gasteiger partial charge in [-0.3, -0.25) is 0 Å². The Hall–Kier alpha value is -2.22. The van der Waals surface area contributed by atoms with Crippen molar-refractivity contribution in [3.8, 4) is 5.75 Å². The van der Waals surface area contributed by atoms with Gasteiger partial charge in [-0.15, -0.1) is 0 Å². The lowest BCUT2D eigenvalue weighted by atomic mass is 10.2. The van der Waals surface area contributed by atoms with Crippen molar-refractivity contribution in [1.82, 2.24) is 4.98 Å². The van der Waals surface area contributed by atoms with E-state index in [2.05, 4.69) is 29.2 Å². The van der Waals surface area contributed by atoms with Crippen LogP contribution in [-0.4, -0.2) is 4.98 Å². The van der Waals surface area contributed by atoms with Crippen LogP contribution in [0.2, 0.25) is 0 Å². The highest BCUT2D eigenvalue weighted by molar-refractivity contribution is 5.83. The molecule has 0 aliphatic carbocycles. The number of H-pyrrole nitrogens is 1. The molecule has 0 radical (unpaired) electrons. The lowest BCUT2D eigenvalue weighted by Gasteiger charge is -2.06. The number of hydrogen-bond acceptors (Lipinski definition) is 1. The zero-order valence-electron chi connectivity index (χ0n) is 9.39. The van der Waals surface area contributed by atoms with Crippen LogP contribution in [-0.2, 0) is 6.61 Å². The molecule has 0 aliphatic rings. The SMILES string of the molecule is c1ccc(COc2ccc3c[nH]cc3c2)cc1. The maximum atomic E-state index is 5.76. The van der Waals surface area contributed by atoms with E-state index in [1.54, 1.807) is 0 Å². The van der Waals surface area contributed by atoms with Gasteiger partial charge >= 0.3 is 0 Å². The van der Waals surface area contributed by atoms with E-state index in [1.165, 1.54) is 16.3 Å². The molecular weight excluding hydrogens is 210 g/mol. The second-order valence-corrected chi connectivity index (χ2v) is 4.02. The first kappa shape index (κ1) is 9.97. The van der Waals surface area contributed by atoms with Crippen molar-refractivity contribution < 1.29 is 4.74 Å². The Bertz CT molecular complexity index is 613. The number of fused-ring (bicyclic) bond motifs is 1. The van der Waals surface area contributed by atoms with Gasteiger partial charge < -0.3 is 9.72 Å². The Balaban J connectivity index is 1.76. The molecule has 0 amide bonds. The van der Waals surface area contributed by atoms with Gasteiger partial charge in [-0.2, -0.15) is 0 Å². The smallest absolute Gasteiger partial charge is 0.120 e. The molecule has 3 rings (SSSR count). The van der Waals surface area contributed by atoms with Gasteiger partial charge in [0.25, 0.3) is 0 Å². The fourth-order valence-electron chi connectivity index (χ4n) is 1.86. The minimum Gasteiger partial charge on any atom is -0.489 e. The lowest BCUT2D eigenvalue weighted by molar-refractivity contribution is 0.306. The van der Waals surface area contributed by atoms with Crippen LogP contribution in [0.15, 0.2) is 60.9 Å². The number of aromatic nitrogens is 1. The third-order valence-corrected chi connectivity index (χ3v) is 2.78. The van der Waals surface area contributed by atoms with Crippen LogP contribution < -0.4 is 4.74 Å². The van der Waals surface area contributed by atoms with Gasteiger partial charge in [0.2, 0.25) is 0 Å². The minimum absolute atomic E-state index is 0.608. The van der Waals surface area contributed by atoms with E-state index in [-0.39, 0.29) is 0 Å². The zero-order chi connectivity index (χ0) is 11.5. The first-order chi connectivity index (χ1) is 8.42. The summed E-state index contributed by atoms with van der Waals surface area (Å²) in [5, 5.41) is 2.38. The maximum Gasteiger partial charge on any atom is 0.120 e. The predicted octanol–water partition coefficient (Wildman–Crippen LogP) is 3.75. The summed E-state index contributed by atoms with van der Waals surface area (Å²) < 4.78 is 5.76. The molecule has 0 aliphatic heterocycles. The van der Waals surface area contributed by atoms with Crippen molar-refractivity contribution in [3.63, 3.8) is 0 Å². The Labute approximate surface area is 99.9 Å². The fourth-order valence-corrected chi connectivity index (χ4v) is 1.86.